The van der Waals surface area contributed by atoms with Gasteiger partial charge < -0.3 is 37.3 Å². The number of aryl methyl sites for hydroxylation is 2. The number of halogens is 2. The minimum absolute atomic E-state index is 0.0437. The van der Waals surface area contributed by atoms with Crippen molar-refractivity contribution in [2.24, 2.45) is 0 Å². The zero-order valence-corrected chi connectivity index (χ0v) is 31.2. The number of nitrogens with two attached hydrogens (primary N) is 3. The number of nitrogens with zero attached hydrogens (tertiary/aromatic N) is 9. The molecule has 4 aromatic carbocycles. The highest BCUT2D eigenvalue weighted by Crippen LogP contribution is 2.29. The Morgan fingerprint density at radius 3 is 1.59 bits per heavy atom. The molecule has 0 fully saturated rings. The first kappa shape index (κ1) is 38.1. The Labute approximate surface area is 327 Å². The van der Waals surface area contributed by atoms with Gasteiger partial charge in [0.2, 0.25) is 23.5 Å². The molecule has 8 rings (SSSR count). The molecule has 58 heavy (non-hydrogen) atoms. The van der Waals surface area contributed by atoms with Gasteiger partial charge in [-0.3, -0.25) is 19.2 Å². The van der Waals surface area contributed by atoms with E-state index in [0.29, 0.717) is 56.8 Å². The van der Waals surface area contributed by atoms with Crippen molar-refractivity contribution in [2.75, 3.05) is 42.1 Å². The van der Waals surface area contributed by atoms with Gasteiger partial charge in [0.15, 0.2) is 23.3 Å². The standard InChI is InChI=1S/C19H16FN7O3.C19H18FN7O/c1-10-22-14-9-12(27(28)29)5-8-15(14)26(10)19-24-17(21)16(20)18(25-19)23-11-3-6-13(30-2)7-4-11;1-10-23-14-8-3-11(21)9-15(14)27(10)19-25-17(22)16(20)18(26-19)24-12-4-6-13(28-2)7-5-12/h3-9H,1-2H3,(H3,21,23,24,25);3-9H,21H2,1-2H3,(H3,22,24,25,26). The molecule has 0 aliphatic heterocycles. The van der Waals surface area contributed by atoms with E-state index in [1.54, 1.807) is 104 Å². The molecular formula is C38H34F2N14O4. The van der Waals surface area contributed by atoms with Crippen molar-refractivity contribution in [2.45, 2.75) is 13.8 Å². The van der Waals surface area contributed by atoms with Crippen LogP contribution in [0.15, 0.2) is 84.9 Å². The number of aromatic nitrogens is 8. The first-order chi connectivity index (χ1) is 27.8. The molecule has 0 saturated heterocycles. The number of nitro groups is 1. The lowest BCUT2D eigenvalue weighted by atomic mass is 10.3. The third-order valence-corrected chi connectivity index (χ3v) is 8.70. The van der Waals surface area contributed by atoms with Crippen LogP contribution in [-0.2, 0) is 0 Å². The number of anilines is 7. The number of nitrogens with one attached hydrogen (secondary N) is 2. The molecule has 8 N–H and O–H groups in total. The van der Waals surface area contributed by atoms with Crippen LogP contribution in [0.4, 0.5) is 54.8 Å². The molecule has 0 bridgehead atoms. The topological polar surface area (TPSA) is 251 Å². The molecule has 20 heteroatoms. The minimum Gasteiger partial charge on any atom is -0.497 e. The molecule has 0 unspecified atom stereocenters. The van der Waals surface area contributed by atoms with Crippen LogP contribution in [0.1, 0.15) is 11.6 Å². The van der Waals surface area contributed by atoms with E-state index >= 15 is 0 Å². The second-order valence-corrected chi connectivity index (χ2v) is 12.5. The van der Waals surface area contributed by atoms with Crippen LogP contribution in [0.2, 0.25) is 0 Å². The fourth-order valence-electron chi connectivity index (χ4n) is 5.91. The summed E-state index contributed by atoms with van der Waals surface area (Å²) in [4.78, 5) is 36.0. The number of ether oxygens (including phenoxy) is 2. The van der Waals surface area contributed by atoms with E-state index in [2.05, 4.69) is 40.5 Å². The van der Waals surface area contributed by atoms with Crippen LogP contribution < -0.4 is 37.3 Å². The van der Waals surface area contributed by atoms with Crippen molar-refractivity contribution in [1.29, 1.82) is 0 Å². The van der Waals surface area contributed by atoms with E-state index < -0.39 is 16.6 Å². The number of nitro benzene ring substituents is 1. The van der Waals surface area contributed by atoms with Gasteiger partial charge in [0.1, 0.15) is 23.1 Å². The molecule has 0 saturated carbocycles. The van der Waals surface area contributed by atoms with E-state index in [9.17, 15) is 18.9 Å². The molecule has 4 heterocycles. The maximum atomic E-state index is 14.6. The molecule has 0 amide bonds. The van der Waals surface area contributed by atoms with Gasteiger partial charge in [-0.15, -0.1) is 0 Å². The molecule has 4 aromatic heterocycles. The van der Waals surface area contributed by atoms with E-state index in [-0.39, 0.29) is 40.9 Å². The molecule has 0 aliphatic rings. The normalized spacial score (nSPS) is 10.9. The smallest absolute Gasteiger partial charge is 0.271 e. The first-order valence-electron chi connectivity index (χ1n) is 17.2. The summed E-state index contributed by atoms with van der Waals surface area (Å²) in [5.74, 6) is 0.390. The van der Waals surface area contributed by atoms with Crippen molar-refractivity contribution >= 4 is 68.1 Å². The second kappa shape index (κ2) is 15.5. The fourth-order valence-corrected chi connectivity index (χ4v) is 5.91. The lowest BCUT2D eigenvalue weighted by Gasteiger charge is -2.12. The number of hydrogen-bond donors (Lipinski definition) is 5. The van der Waals surface area contributed by atoms with Gasteiger partial charge in [-0.05, 0) is 86.6 Å². The van der Waals surface area contributed by atoms with Crippen LogP contribution in [0.25, 0.3) is 34.0 Å². The molecule has 0 aliphatic carbocycles. The maximum Gasteiger partial charge on any atom is 0.271 e. The van der Waals surface area contributed by atoms with Gasteiger partial charge in [-0.1, -0.05) is 0 Å². The Hall–Kier alpha value is -8.16. The molecule has 294 valence electrons. The minimum atomic E-state index is -0.799. The van der Waals surface area contributed by atoms with Crippen molar-refractivity contribution < 1.29 is 23.2 Å². The van der Waals surface area contributed by atoms with Crippen LogP contribution in [0.5, 0.6) is 11.5 Å². The number of non-ortho nitro benzene ring substituents is 1. The molecule has 0 atom stereocenters. The Balaban J connectivity index is 0.000000177. The number of fused-ring (bicyclic) bond motifs is 2. The second-order valence-electron chi connectivity index (χ2n) is 12.5. The number of nitrogen functional groups attached to an aromatic ring is 3. The molecular weight excluding hydrogens is 755 g/mol. The predicted molar refractivity (Wildman–Crippen MR) is 215 cm³/mol. The largest absolute Gasteiger partial charge is 0.497 e. The molecule has 18 nitrogen and oxygen atoms in total. The van der Waals surface area contributed by atoms with Crippen LogP contribution in [0, 0.1) is 35.6 Å². The SMILES string of the molecule is COc1ccc(Nc2nc(-n3c(C)nc4cc([N+](=O)[O-])ccc43)nc(N)c2F)cc1.COc1ccc(Nc2nc(-n3c(C)nc4ccc(N)cc43)nc(N)c2F)cc1. The van der Waals surface area contributed by atoms with Gasteiger partial charge in [0, 0.05) is 29.2 Å². The summed E-state index contributed by atoms with van der Waals surface area (Å²) < 4.78 is 42.6. The summed E-state index contributed by atoms with van der Waals surface area (Å²) in [5, 5.41) is 16.8. The van der Waals surface area contributed by atoms with Gasteiger partial charge >= 0.3 is 0 Å². The summed E-state index contributed by atoms with van der Waals surface area (Å²) in [6.45, 7) is 3.49. The van der Waals surface area contributed by atoms with Crippen molar-refractivity contribution in [3.63, 3.8) is 0 Å². The Bertz CT molecular complexity index is 2830. The summed E-state index contributed by atoms with van der Waals surface area (Å²) in [6, 6.07) is 23.4. The molecule has 0 spiro atoms. The number of methoxy groups -OCH3 is 2. The van der Waals surface area contributed by atoms with E-state index in [4.69, 9.17) is 26.7 Å². The Morgan fingerprint density at radius 2 is 1.10 bits per heavy atom. The summed E-state index contributed by atoms with van der Waals surface area (Å²) in [6.07, 6.45) is 0. The lowest BCUT2D eigenvalue weighted by Crippen LogP contribution is -2.10. The number of imidazole rings is 2. The van der Waals surface area contributed by atoms with Gasteiger partial charge in [0.25, 0.3) is 5.69 Å². The van der Waals surface area contributed by atoms with E-state index in [1.165, 1.54) is 18.2 Å². The number of hydrogen-bond acceptors (Lipinski definition) is 15. The zero-order chi connectivity index (χ0) is 41.2. The molecule has 8 aromatic rings. The van der Waals surface area contributed by atoms with E-state index in [1.807, 2.05) is 0 Å². The highest BCUT2D eigenvalue weighted by Gasteiger charge is 2.20. The lowest BCUT2D eigenvalue weighted by molar-refractivity contribution is -0.384. The van der Waals surface area contributed by atoms with E-state index in [0.717, 1.165) is 5.52 Å². The number of rotatable bonds is 9. The summed E-state index contributed by atoms with van der Waals surface area (Å²) in [7, 11) is 3.12. The van der Waals surface area contributed by atoms with Crippen LogP contribution in [0.3, 0.4) is 0 Å². The van der Waals surface area contributed by atoms with Gasteiger partial charge in [0.05, 0.1) is 41.2 Å². The number of benzene rings is 4. The first-order valence-corrected chi connectivity index (χ1v) is 17.2. The fraction of sp³-hybridized carbons (Fsp3) is 0.105. The van der Waals surface area contributed by atoms with Crippen LogP contribution >= 0.6 is 0 Å². The average molecular weight is 789 g/mol. The summed E-state index contributed by atoms with van der Waals surface area (Å²) >= 11 is 0. The Kier molecular flexibility index (Phi) is 10.2. The predicted octanol–water partition coefficient (Wildman–Crippen LogP) is 6.69. The zero-order valence-electron chi connectivity index (χ0n) is 31.2. The molecule has 0 radical (unpaired) electrons. The van der Waals surface area contributed by atoms with Crippen LogP contribution in [-0.4, -0.2) is 58.2 Å². The highest BCUT2D eigenvalue weighted by atomic mass is 19.1. The third-order valence-electron chi connectivity index (χ3n) is 8.70. The van der Waals surface area contributed by atoms with Gasteiger partial charge in [-0.2, -0.15) is 28.7 Å². The average Bonchev–Trinajstić information content (AvgIpc) is 3.72. The monoisotopic (exact) mass is 788 g/mol. The highest BCUT2D eigenvalue weighted by molar-refractivity contribution is 5.82. The Morgan fingerprint density at radius 1 is 0.621 bits per heavy atom. The summed E-state index contributed by atoms with van der Waals surface area (Å²) in [5.41, 5.74) is 21.5. The van der Waals surface area contributed by atoms with Crippen molar-refractivity contribution in [3.8, 4) is 23.4 Å². The van der Waals surface area contributed by atoms with Crippen molar-refractivity contribution in [3.05, 3.63) is 118 Å². The van der Waals surface area contributed by atoms with Crippen molar-refractivity contribution in [1.82, 2.24) is 39.0 Å². The quantitative estimate of drug-likeness (QED) is 0.0581. The van der Waals surface area contributed by atoms with Gasteiger partial charge in [-0.25, -0.2) is 9.97 Å². The third kappa shape index (κ3) is 7.56. The maximum absolute atomic E-state index is 14.6.